The SMILES string of the molecule is CCNCCC(=O)c1ccc(C(F)(F)F)c(F)c1. The lowest BCUT2D eigenvalue weighted by Crippen LogP contribution is -2.18. The van der Waals surface area contributed by atoms with E-state index in [-0.39, 0.29) is 17.8 Å². The Hall–Kier alpha value is -1.43. The molecule has 1 aromatic rings. The van der Waals surface area contributed by atoms with Crippen LogP contribution in [0.3, 0.4) is 0 Å². The van der Waals surface area contributed by atoms with Gasteiger partial charge in [0, 0.05) is 18.5 Å². The first-order valence-corrected chi connectivity index (χ1v) is 5.47. The van der Waals surface area contributed by atoms with Gasteiger partial charge in [0.05, 0.1) is 5.56 Å². The maximum atomic E-state index is 13.2. The van der Waals surface area contributed by atoms with Crippen molar-refractivity contribution in [3.8, 4) is 0 Å². The minimum atomic E-state index is -4.74. The summed E-state index contributed by atoms with van der Waals surface area (Å²) in [5.41, 5.74) is -1.40. The van der Waals surface area contributed by atoms with Crippen molar-refractivity contribution in [1.29, 1.82) is 0 Å². The topological polar surface area (TPSA) is 29.1 Å². The maximum Gasteiger partial charge on any atom is 0.419 e. The molecular formula is C12H13F4NO. The monoisotopic (exact) mass is 263 g/mol. The summed E-state index contributed by atoms with van der Waals surface area (Å²) in [5.74, 6) is -1.81. The van der Waals surface area contributed by atoms with Crippen molar-refractivity contribution >= 4 is 5.78 Å². The molecule has 1 rings (SSSR count). The normalized spacial score (nSPS) is 11.6. The average Bonchev–Trinajstić information content (AvgIpc) is 2.27. The molecule has 0 aliphatic heterocycles. The van der Waals surface area contributed by atoms with Crippen molar-refractivity contribution in [2.24, 2.45) is 0 Å². The highest BCUT2D eigenvalue weighted by atomic mass is 19.4. The summed E-state index contributed by atoms with van der Waals surface area (Å²) in [6.07, 6.45) is -4.62. The number of nitrogens with one attached hydrogen (secondary N) is 1. The Morgan fingerprint density at radius 1 is 1.33 bits per heavy atom. The number of benzene rings is 1. The van der Waals surface area contributed by atoms with Crippen LogP contribution in [0, 0.1) is 5.82 Å². The first-order valence-electron chi connectivity index (χ1n) is 5.47. The number of alkyl halides is 3. The Kier molecular flexibility index (Phi) is 4.84. The van der Waals surface area contributed by atoms with Crippen LogP contribution in [0.4, 0.5) is 17.6 Å². The van der Waals surface area contributed by atoms with Crippen LogP contribution in [0.25, 0.3) is 0 Å². The molecule has 0 aliphatic carbocycles. The second-order valence-corrected chi connectivity index (χ2v) is 3.72. The van der Waals surface area contributed by atoms with Crippen molar-refractivity contribution in [3.63, 3.8) is 0 Å². The maximum absolute atomic E-state index is 13.2. The molecule has 1 N–H and O–H groups in total. The van der Waals surface area contributed by atoms with Gasteiger partial charge < -0.3 is 5.32 Å². The fraction of sp³-hybridized carbons (Fsp3) is 0.417. The second-order valence-electron chi connectivity index (χ2n) is 3.72. The highest BCUT2D eigenvalue weighted by Crippen LogP contribution is 2.31. The van der Waals surface area contributed by atoms with E-state index < -0.39 is 17.6 Å². The molecule has 0 unspecified atom stereocenters. The lowest BCUT2D eigenvalue weighted by molar-refractivity contribution is -0.140. The van der Waals surface area contributed by atoms with E-state index in [4.69, 9.17) is 0 Å². The average molecular weight is 263 g/mol. The molecule has 0 saturated carbocycles. The van der Waals surface area contributed by atoms with Gasteiger partial charge in [0.2, 0.25) is 0 Å². The third-order valence-electron chi connectivity index (χ3n) is 2.38. The Morgan fingerprint density at radius 2 is 2.00 bits per heavy atom. The fourth-order valence-corrected chi connectivity index (χ4v) is 1.44. The molecule has 0 heterocycles. The van der Waals surface area contributed by atoms with Gasteiger partial charge >= 0.3 is 6.18 Å². The molecule has 6 heteroatoms. The van der Waals surface area contributed by atoms with Crippen LogP contribution in [0.2, 0.25) is 0 Å². The van der Waals surface area contributed by atoms with Gasteiger partial charge in [-0.05, 0) is 18.7 Å². The van der Waals surface area contributed by atoms with Gasteiger partial charge in [0.15, 0.2) is 5.78 Å². The quantitative estimate of drug-likeness (QED) is 0.502. The van der Waals surface area contributed by atoms with Crippen molar-refractivity contribution in [2.45, 2.75) is 19.5 Å². The van der Waals surface area contributed by atoms with E-state index in [0.717, 1.165) is 6.07 Å². The Balaban J connectivity index is 2.81. The number of hydrogen-bond donors (Lipinski definition) is 1. The van der Waals surface area contributed by atoms with Crippen LogP contribution >= 0.6 is 0 Å². The van der Waals surface area contributed by atoms with Gasteiger partial charge in [0.1, 0.15) is 5.82 Å². The van der Waals surface area contributed by atoms with Crippen LogP contribution in [0.5, 0.6) is 0 Å². The minimum absolute atomic E-state index is 0.0431. The van der Waals surface area contributed by atoms with Crippen LogP contribution in [-0.2, 0) is 6.18 Å². The number of halogens is 4. The molecule has 0 fully saturated rings. The van der Waals surface area contributed by atoms with Crippen molar-refractivity contribution in [1.82, 2.24) is 5.32 Å². The number of Topliss-reactive ketones (excluding diaryl/α,β-unsaturated/α-hetero) is 1. The van der Waals surface area contributed by atoms with Crippen molar-refractivity contribution < 1.29 is 22.4 Å². The fourth-order valence-electron chi connectivity index (χ4n) is 1.44. The van der Waals surface area contributed by atoms with Crippen molar-refractivity contribution in [3.05, 3.63) is 35.1 Å². The number of carbonyl (C=O) groups excluding carboxylic acids is 1. The van der Waals surface area contributed by atoms with E-state index in [1.807, 2.05) is 6.92 Å². The van der Waals surface area contributed by atoms with Gasteiger partial charge in [-0.3, -0.25) is 4.79 Å². The van der Waals surface area contributed by atoms with Crippen LogP contribution in [-0.4, -0.2) is 18.9 Å². The van der Waals surface area contributed by atoms with Crippen LogP contribution in [0.15, 0.2) is 18.2 Å². The van der Waals surface area contributed by atoms with E-state index in [1.54, 1.807) is 0 Å². The third-order valence-corrected chi connectivity index (χ3v) is 2.38. The molecule has 18 heavy (non-hydrogen) atoms. The minimum Gasteiger partial charge on any atom is -0.317 e. The zero-order chi connectivity index (χ0) is 13.8. The Labute approximate surface area is 102 Å². The predicted octanol–water partition coefficient (Wildman–Crippen LogP) is 3.03. The number of ketones is 1. The summed E-state index contributed by atoms with van der Waals surface area (Å²) < 4.78 is 50.1. The molecule has 1 aromatic carbocycles. The standard InChI is InChI=1S/C12H13F4NO/c1-2-17-6-5-11(18)8-3-4-9(10(13)7-8)12(14,15)16/h3-4,7,17H,2,5-6H2,1H3. The molecular weight excluding hydrogens is 250 g/mol. The molecule has 0 radical (unpaired) electrons. The second kappa shape index (κ2) is 5.95. The van der Waals surface area contributed by atoms with Gasteiger partial charge in [-0.15, -0.1) is 0 Å². The first kappa shape index (κ1) is 14.6. The molecule has 100 valence electrons. The molecule has 2 nitrogen and oxygen atoms in total. The van der Waals surface area contributed by atoms with E-state index in [1.165, 1.54) is 0 Å². The summed E-state index contributed by atoms with van der Waals surface area (Å²) in [4.78, 5) is 11.5. The Morgan fingerprint density at radius 3 is 2.50 bits per heavy atom. The number of rotatable bonds is 5. The summed E-state index contributed by atoms with van der Waals surface area (Å²) in [5, 5.41) is 2.90. The summed E-state index contributed by atoms with van der Waals surface area (Å²) >= 11 is 0. The van der Waals surface area contributed by atoms with Crippen LogP contribution < -0.4 is 5.32 Å². The number of hydrogen-bond acceptors (Lipinski definition) is 2. The summed E-state index contributed by atoms with van der Waals surface area (Å²) in [7, 11) is 0. The molecule has 0 aliphatic rings. The zero-order valence-electron chi connectivity index (χ0n) is 9.77. The van der Waals surface area contributed by atoms with Gasteiger partial charge in [0.25, 0.3) is 0 Å². The molecule has 0 atom stereocenters. The van der Waals surface area contributed by atoms with Crippen LogP contribution in [0.1, 0.15) is 29.3 Å². The molecule has 0 bridgehead atoms. The zero-order valence-corrected chi connectivity index (χ0v) is 9.77. The largest absolute Gasteiger partial charge is 0.419 e. The molecule has 0 amide bonds. The number of carbonyl (C=O) groups is 1. The van der Waals surface area contributed by atoms with E-state index >= 15 is 0 Å². The highest BCUT2D eigenvalue weighted by Gasteiger charge is 2.34. The van der Waals surface area contributed by atoms with Gasteiger partial charge in [-0.25, -0.2) is 4.39 Å². The van der Waals surface area contributed by atoms with E-state index in [2.05, 4.69) is 5.32 Å². The third kappa shape index (κ3) is 3.80. The smallest absolute Gasteiger partial charge is 0.317 e. The Bertz CT molecular complexity index is 429. The van der Waals surface area contributed by atoms with E-state index in [0.29, 0.717) is 25.2 Å². The molecule has 0 saturated heterocycles. The first-order chi connectivity index (χ1) is 8.36. The highest BCUT2D eigenvalue weighted by molar-refractivity contribution is 5.96. The van der Waals surface area contributed by atoms with Crippen molar-refractivity contribution in [2.75, 3.05) is 13.1 Å². The molecule has 0 spiro atoms. The predicted molar refractivity (Wildman–Crippen MR) is 58.9 cm³/mol. The van der Waals surface area contributed by atoms with Gasteiger partial charge in [-0.1, -0.05) is 13.0 Å². The van der Waals surface area contributed by atoms with E-state index in [9.17, 15) is 22.4 Å². The molecule has 0 aromatic heterocycles. The lowest BCUT2D eigenvalue weighted by atomic mass is 10.1. The summed E-state index contributed by atoms with van der Waals surface area (Å²) in [6, 6.07) is 2.23. The van der Waals surface area contributed by atoms with Gasteiger partial charge in [-0.2, -0.15) is 13.2 Å². The summed E-state index contributed by atoms with van der Waals surface area (Å²) in [6.45, 7) is 2.97. The lowest BCUT2D eigenvalue weighted by Gasteiger charge is -2.09.